The number of para-hydroxylation sites is 1. The van der Waals surface area contributed by atoms with Crippen LogP contribution in [0.25, 0.3) is 10.2 Å². The number of fused-ring (bicyclic) bond motifs is 1. The summed E-state index contributed by atoms with van der Waals surface area (Å²) in [6.07, 6.45) is 0. The molecule has 8 heteroatoms. The van der Waals surface area contributed by atoms with Crippen LogP contribution in [0.1, 0.15) is 5.56 Å². The van der Waals surface area contributed by atoms with E-state index in [9.17, 15) is 17.2 Å². The van der Waals surface area contributed by atoms with Crippen molar-refractivity contribution >= 4 is 36.7 Å². The third-order valence-corrected chi connectivity index (χ3v) is 5.45. The molecule has 2 aromatic carbocycles. The molecule has 0 saturated heterocycles. The molecule has 0 atom stereocenters. The van der Waals surface area contributed by atoms with Crippen LogP contribution in [-0.2, 0) is 10.0 Å². The molecule has 22 heavy (non-hydrogen) atoms. The van der Waals surface area contributed by atoms with Crippen LogP contribution in [0.2, 0.25) is 0 Å². The van der Waals surface area contributed by atoms with Crippen LogP contribution in [0.5, 0.6) is 0 Å². The van der Waals surface area contributed by atoms with Crippen molar-refractivity contribution in [2.75, 3.05) is 4.72 Å². The molecule has 0 amide bonds. The summed E-state index contributed by atoms with van der Waals surface area (Å²) in [5.41, 5.74) is 1.63. The molecule has 3 rings (SSSR count). The number of nitrogens with zero attached hydrogens (tertiary/aromatic N) is 1. The van der Waals surface area contributed by atoms with Crippen LogP contribution in [0, 0.1) is 18.6 Å². The summed E-state index contributed by atoms with van der Waals surface area (Å²) >= 11 is 1.17. The summed E-state index contributed by atoms with van der Waals surface area (Å²) in [6.45, 7) is 1.87. The van der Waals surface area contributed by atoms with Gasteiger partial charge in [-0.2, -0.15) is 0 Å². The number of hydrogen-bond acceptors (Lipinski definition) is 4. The van der Waals surface area contributed by atoms with E-state index in [0.29, 0.717) is 11.6 Å². The lowest BCUT2D eigenvalue weighted by Gasteiger charge is -2.05. The Morgan fingerprint density at radius 3 is 2.59 bits per heavy atom. The highest BCUT2D eigenvalue weighted by Gasteiger charge is 2.18. The SMILES string of the molecule is Cc1cccc2sc(NS(=O)(=O)c3ccc(F)c(F)c3)nc12. The van der Waals surface area contributed by atoms with Gasteiger partial charge in [0.2, 0.25) is 0 Å². The van der Waals surface area contributed by atoms with E-state index in [-0.39, 0.29) is 10.0 Å². The summed E-state index contributed by atoms with van der Waals surface area (Å²) in [5.74, 6) is -2.32. The smallest absolute Gasteiger partial charge is 0.255 e. The lowest BCUT2D eigenvalue weighted by Crippen LogP contribution is -2.13. The van der Waals surface area contributed by atoms with Crippen LogP contribution in [-0.4, -0.2) is 13.4 Å². The van der Waals surface area contributed by atoms with E-state index in [1.807, 2.05) is 25.1 Å². The fourth-order valence-corrected chi connectivity index (χ4v) is 4.14. The summed E-state index contributed by atoms with van der Waals surface area (Å²) in [5, 5.41) is 0.175. The maximum atomic E-state index is 13.2. The number of benzene rings is 2. The van der Waals surface area contributed by atoms with Crippen LogP contribution in [0.15, 0.2) is 41.3 Å². The predicted octanol–water partition coefficient (Wildman–Crippen LogP) is 3.68. The molecule has 3 aromatic rings. The first-order valence-corrected chi connectivity index (χ1v) is 8.51. The molecule has 0 bridgehead atoms. The zero-order valence-electron chi connectivity index (χ0n) is 11.3. The molecule has 0 aliphatic rings. The lowest BCUT2D eigenvalue weighted by molar-refractivity contribution is 0.504. The number of nitrogens with one attached hydrogen (secondary N) is 1. The topological polar surface area (TPSA) is 59.1 Å². The van der Waals surface area contributed by atoms with Gasteiger partial charge >= 0.3 is 0 Å². The Morgan fingerprint density at radius 2 is 1.91 bits per heavy atom. The number of anilines is 1. The van der Waals surface area contributed by atoms with Gasteiger partial charge in [0.25, 0.3) is 10.0 Å². The molecule has 114 valence electrons. The third-order valence-electron chi connectivity index (χ3n) is 3.04. The first-order valence-electron chi connectivity index (χ1n) is 6.21. The highest BCUT2D eigenvalue weighted by atomic mass is 32.2. The average Bonchev–Trinajstić information content (AvgIpc) is 2.85. The van der Waals surface area contributed by atoms with E-state index in [0.717, 1.165) is 22.4 Å². The third kappa shape index (κ3) is 2.67. The second kappa shape index (κ2) is 5.29. The van der Waals surface area contributed by atoms with E-state index in [1.165, 1.54) is 11.3 Å². The van der Waals surface area contributed by atoms with Gasteiger partial charge < -0.3 is 0 Å². The van der Waals surface area contributed by atoms with E-state index in [1.54, 1.807) is 0 Å². The summed E-state index contributed by atoms with van der Waals surface area (Å²) in [7, 11) is -4.02. The number of hydrogen-bond donors (Lipinski definition) is 1. The van der Waals surface area contributed by atoms with Crippen molar-refractivity contribution in [2.45, 2.75) is 11.8 Å². The average molecular weight is 340 g/mol. The molecule has 1 aromatic heterocycles. The Hall–Kier alpha value is -2.06. The van der Waals surface area contributed by atoms with Crippen molar-refractivity contribution in [1.29, 1.82) is 0 Å². The van der Waals surface area contributed by atoms with Gasteiger partial charge in [0.15, 0.2) is 16.8 Å². The fraction of sp³-hybridized carbons (Fsp3) is 0.0714. The van der Waals surface area contributed by atoms with Crippen LogP contribution in [0.4, 0.5) is 13.9 Å². The lowest BCUT2D eigenvalue weighted by atomic mass is 10.2. The van der Waals surface area contributed by atoms with Crippen LogP contribution in [0.3, 0.4) is 0 Å². The van der Waals surface area contributed by atoms with Crippen LogP contribution < -0.4 is 4.72 Å². The second-order valence-electron chi connectivity index (χ2n) is 4.62. The van der Waals surface area contributed by atoms with Gasteiger partial charge in [0.1, 0.15) is 0 Å². The fourth-order valence-electron chi connectivity index (χ4n) is 1.95. The van der Waals surface area contributed by atoms with Gasteiger partial charge in [-0.15, -0.1) is 0 Å². The van der Waals surface area contributed by atoms with Crippen molar-refractivity contribution in [3.05, 3.63) is 53.6 Å². The van der Waals surface area contributed by atoms with Crippen molar-refractivity contribution in [1.82, 2.24) is 4.98 Å². The van der Waals surface area contributed by atoms with E-state index in [4.69, 9.17) is 0 Å². The molecule has 0 aliphatic heterocycles. The molecular formula is C14H10F2N2O2S2. The van der Waals surface area contributed by atoms with Gasteiger partial charge in [-0.3, -0.25) is 4.72 Å². The molecule has 0 spiro atoms. The van der Waals surface area contributed by atoms with E-state index >= 15 is 0 Å². The number of sulfonamides is 1. The Labute approximate surface area is 129 Å². The van der Waals surface area contributed by atoms with E-state index < -0.39 is 21.7 Å². The number of thiazole rings is 1. The number of halogens is 2. The molecule has 0 fully saturated rings. The minimum Gasteiger partial charge on any atom is -0.255 e. The summed E-state index contributed by atoms with van der Waals surface area (Å²) in [6, 6.07) is 7.95. The molecule has 4 nitrogen and oxygen atoms in total. The number of aryl methyl sites for hydroxylation is 1. The number of aromatic nitrogens is 1. The minimum atomic E-state index is -4.02. The maximum absolute atomic E-state index is 13.2. The highest BCUT2D eigenvalue weighted by Crippen LogP contribution is 2.29. The molecular weight excluding hydrogens is 330 g/mol. The molecule has 1 N–H and O–H groups in total. The summed E-state index contributed by atoms with van der Waals surface area (Å²) in [4.78, 5) is 3.86. The Balaban J connectivity index is 1.99. The molecule has 1 heterocycles. The molecule has 0 aliphatic carbocycles. The first-order chi connectivity index (χ1) is 10.4. The van der Waals surface area contributed by atoms with Gasteiger partial charge in [-0.25, -0.2) is 22.2 Å². The zero-order valence-corrected chi connectivity index (χ0v) is 12.9. The van der Waals surface area contributed by atoms with E-state index in [2.05, 4.69) is 9.71 Å². The molecule has 0 radical (unpaired) electrons. The van der Waals surface area contributed by atoms with Crippen molar-refractivity contribution in [3.8, 4) is 0 Å². The maximum Gasteiger partial charge on any atom is 0.263 e. The molecule has 0 saturated carbocycles. The van der Waals surface area contributed by atoms with Gasteiger partial charge in [-0.05, 0) is 36.8 Å². The first kappa shape index (κ1) is 14.9. The standard InChI is InChI=1S/C14H10F2N2O2S2/c1-8-3-2-4-12-13(8)17-14(21-12)18-22(19,20)9-5-6-10(15)11(16)7-9/h2-7H,1H3,(H,17,18). The Bertz CT molecular complexity index is 968. The Morgan fingerprint density at radius 1 is 1.14 bits per heavy atom. The van der Waals surface area contributed by atoms with Crippen molar-refractivity contribution < 1.29 is 17.2 Å². The monoisotopic (exact) mass is 340 g/mol. The van der Waals surface area contributed by atoms with Crippen molar-refractivity contribution in [2.24, 2.45) is 0 Å². The number of rotatable bonds is 3. The van der Waals surface area contributed by atoms with Gasteiger partial charge in [-0.1, -0.05) is 23.5 Å². The molecule has 0 unspecified atom stereocenters. The van der Waals surface area contributed by atoms with Crippen molar-refractivity contribution in [3.63, 3.8) is 0 Å². The second-order valence-corrected chi connectivity index (χ2v) is 7.34. The Kier molecular flexibility index (Phi) is 3.57. The summed E-state index contributed by atoms with van der Waals surface area (Å²) < 4.78 is 53.6. The normalized spacial score (nSPS) is 11.8. The van der Waals surface area contributed by atoms with Gasteiger partial charge in [0.05, 0.1) is 15.1 Å². The van der Waals surface area contributed by atoms with Gasteiger partial charge in [0, 0.05) is 0 Å². The predicted molar refractivity (Wildman–Crippen MR) is 81.5 cm³/mol. The largest absolute Gasteiger partial charge is 0.263 e. The minimum absolute atomic E-state index is 0.175. The highest BCUT2D eigenvalue weighted by molar-refractivity contribution is 7.93. The quantitative estimate of drug-likeness (QED) is 0.791. The van der Waals surface area contributed by atoms with Crippen LogP contribution >= 0.6 is 11.3 Å². The zero-order chi connectivity index (χ0) is 15.9.